The van der Waals surface area contributed by atoms with Crippen LogP contribution in [-0.2, 0) is 20.4 Å². The smallest absolute Gasteiger partial charge is 0.555 e. The minimum absolute atomic E-state index is 0. The van der Waals surface area contributed by atoms with Crippen LogP contribution in [0.15, 0.2) is 4.99 Å². The van der Waals surface area contributed by atoms with Gasteiger partial charge in [0.1, 0.15) is 0 Å². The van der Waals surface area contributed by atoms with Gasteiger partial charge in [0.05, 0.1) is 0 Å². The van der Waals surface area contributed by atoms with E-state index in [4.69, 9.17) is 0 Å². The first-order valence-corrected chi connectivity index (χ1v) is 2.01. The predicted molar refractivity (Wildman–Crippen MR) is 31.9 cm³/mol. The Morgan fingerprint density at radius 2 is 1.56 bits per heavy atom. The molecule has 5 heteroatoms. The summed E-state index contributed by atoms with van der Waals surface area (Å²) in [6.07, 6.45) is 0. The van der Waals surface area contributed by atoms with Crippen LogP contribution in [0.5, 0.6) is 0 Å². The molecular formula is C4H9N3RbRe-. The quantitative estimate of drug-likeness (QED) is 0.349. The number of rotatable bonds is 0. The van der Waals surface area contributed by atoms with Gasteiger partial charge in [-0.2, -0.15) is 5.96 Å². The second-order valence-electron chi connectivity index (χ2n) is 0.971. The Labute approximate surface area is 119 Å². The van der Waals surface area contributed by atoms with E-state index >= 15 is 0 Å². The van der Waals surface area contributed by atoms with E-state index in [1.807, 2.05) is 0 Å². The zero-order chi connectivity index (χ0) is 5.70. The van der Waals surface area contributed by atoms with E-state index in [-0.39, 0.29) is 78.6 Å². The van der Waals surface area contributed by atoms with Crippen LogP contribution in [-0.4, -0.2) is 27.1 Å². The number of aliphatic imine (C=N–C) groups is 1. The van der Waals surface area contributed by atoms with Gasteiger partial charge in [0.25, 0.3) is 0 Å². The van der Waals surface area contributed by atoms with Gasteiger partial charge in [-0.25, -0.2) is 0 Å². The van der Waals surface area contributed by atoms with Crippen LogP contribution in [0.1, 0.15) is 0 Å². The van der Waals surface area contributed by atoms with Crippen molar-refractivity contribution in [1.29, 1.82) is 0 Å². The first-order chi connectivity index (χ1) is 3.35. The molecule has 3 nitrogen and oxygen atoms in total. The van der Waals surface area contributed by atoms with Crippen molar-refractivity contribution < 1.29 is 78.6 Å². The molecule has 9 heavy (non-hydrogen) atoms. The molecule has 0 atom stereocenters. The number of hydrogen-bond donors (Lipinski definition) is 0. The molecule has 0 heterocycles. The summed E-state index contributed by atoms with van der Waals surface area (Å²) in [5.74, 6) is 0.556. The summed E-state index contributed by atoms with van der Waals surface area (Å²) in [5.41, 5.74) is 0. The number of hydrogen-bond acceptors (Lipinski definition) is 1. The Hall–Kier alpha value is 1.74. The first-order valence-electron chi connectivity index (χ1n) is 2.01. The predicted octanol–water partition coefficient (Wildman–Crippen LogP) is -2.02. The maximum atomic E-state index is 3.71. The molecule has 0 rings (SSSR count). The molecule has 0 N–H and O–H groups in total. The summed E-state index contributed by atoms with van der Waals surface area (Å²) in [4.78, 5) is 3.71. The van der Waals surface area contributed by atoms with E-state index in [2.05, 4.69) is 15.6 Å². The second-order valence-corrected chi connectivity index (χ2v) is 0.971. The second kappa shape index (κ2) is 12.4. The Kier molecular flexibility index (Phi) is 23.5. The van der Waals surface area contributed by atoms with E-state index in [1.165, 1.54) is 0 Å². The molecular weight excluding hydrogens is 362 g/mol. The molecule has 0 bridgehead atoms. The van der Waals surface area contributed by atoms with Crippen LogP contribution < -0.4 is 58.2 Å². The fraction of sp³-hybridized carbons (Fsp3) is 0.750. The van der Waals surface area contributed by atoms with Gasteiger partial charge < -0.3 is 15.6 Å². The molecule has 0 spiro atoms. The monoisotopic (exact) mass is 371 g/mol. The van der Waals surface area contributed by atoms with Crippen molar-refractivity contribution >= 4 is 5.96 Å². The SMILES string of the molecule is CN=C([N-]C)[N-]C.[Rb+].[Re]. The van der Waals surface area contributed by atoms with E-state index in [0.717, 1.165) is 0 Å². The average Bonchev–Trinajstić information content (AvgIpc) is 1.72. The van der Waals surface area contributed by atoms with Crippen molar-refractivity contribution in [2.45, 2.75) is 0 Å². The Bertz CT molecular complexity index is 70.2. The standard InChI is InChI=1S/C4H9N3.Rb.Re/c1-5-4(6-2)7-3;;/h1-3H3;;/q-2;+1;. The van der Waals surface area contributed by atoms with Crippen LogP contribution in [0.3, 0.4) is 0 Å². The summed E-state index contributed by atoms with van der Waals surface area (Å²) in [7, 11) is 4.99. The van der Waals surface area contributed by atoms with Crippen LogP contribution in [0.25, 0.3) is 10.6 Å². The van der Waals surface area contributed by atoms with Crippen molar-refractivity contribution in [2.75, 3.05) is 21.1 Å². The molecule has 0 aliphatic heterocycles. The van der Waals surface area contributed by atoms with Crippen molar-refractivity contribution in [1.82, 2.24) is 0 Å². The van der Waals surface area contributed by atoms with Gasteiger partial charge in [-0.05, 0) is 0 Å². The number of guanidine groups is 1. The van der Waals surface area contributed by atoms with Gasteiger partial charge in [0.2, 0.25) is 0 Å². The molecule has 0 saturated heterocycles. The normalized spacial score (nSPS) is 5.67. The topological polar surface area (TPSA) is 40.6 Å². The maximum Gasteiger partial charge on any atom is 1.00 e. The summed E-state index contributed by atoms with van der Waals surface area (Å²) < 4.78 is 0. The molecule has 0 saturated carbocycles. The zero-order valence-corrected chi connectivity index (χ0v) is 13.9. The molecule has 1 radical (unpaired) electrons. The van der Waals surface area contributed by atoms with Gasteiger partial charge in [0.15, 0.2) is 0 Å². The Morgan fingerprint density at radius 3 is 1.56 bits per heavy atom. The van der Waals surface area contributed by atoms with E-state index in [1.54, 1.807) is 21.1 Å². The van der Waals surface area contributed by atoms with Gasteiger partial charge in [-0.3, -0.25) is 0 Å². The van der Waals surface area contributed by atoms with Crippen molar-refractivity contribution in [3.8, 4) is 0 Å². The molecule has 0 aromatic heterocycles. The van der Waals surface area contributed by atoms with Crippen LogP contribution in [0.2, 0.25) is 0 Å². The van der Waals surface area contributed by atoms with E-state index in [9.17, 15) is 0 Å². The van der Waals surface area contributed by atoms with Gasteiger partial charge in [-0.15, -0.1) is 0 Å². The van der Waals surface area contributed by atoms with E-state index in [0.29, 0.717) is 5.96 Å². The van der Waals surface area contributed by atoms with Crippen LogP contribution >= 0.6 is 0 Å². The van der Waals surface area contributed by atoms with Crippen molar-refractivity contribution in [3.05, 3.63) is 10.6 Å². The van der Waals surface area contributed by atoms with Crippen molar-refractivity contribution in [2.24, 2.45) is 4.99 Å². The van der Waals surface area contributed by atoms with E-state index < -0.39 is 0 Å². The average molecular weight is 371 g/mol. The van der Waals surface area contributed by atoms with Gasteiger partial charge in [0, 0.05) is 20.4 Å². The van der Waals surface area contributed by atoms with Crippen LogP contribution in [0.4, 0.5) is 0 Å². The molecule has 0 aromatic rings. The molecule has 0 amide bonds. The minimum Gasteiger partial charge on any atom is -0.555 e. The summed E-state index contributed by atoms with van der Waals surface area (Å²) in [6.45, 7) is 0. The summed E-state index contributed by atoms with van der Waals surface area (Å²) in [6, 6.07) is 0. The van der Waals surface area contributed by atoms with Gasteiger partial charge in [-0.1, -0.05) is 21.1 Å². The fourth-order valence-electron chi connectivity index (χ4n) is 0.300. The fourth-order valence-corrected chi connectivity index (χ4v) is 0.300. The third kappa shape index (κ3) is 9.74. The molecule has 0 aliphatic rings. The third-order valence-electron chi connectivity index (χ3n) is 0.600. The summed E-state index contributed by atoms with van der Waals surface area (Å²) in [5, 5.41) is 7.42. The molecule has 49 valence electrons. The molecule has 0 aliphatic carbocycles. The van der Waals surface area contributed by atoms with Gasteiger partial charge >= 0.3 is 58.2 Å². The van der Waals surface area contributed by atoms with Crippen molar-refractivity contribution in [3.63, 3.8) is 0 Å². The summed E-state index contributed by atoms with van der Waals surface area (Å²) >= 11 is 0. The zero-order valence-electron chi connectivity index (χ0n) is 6.22. The molecule has 0 unspecified atom stereocenters. The number of nitrogens with zero attached hydrogens (tertiary/aromatic N) is 3. The first kappa shape index (κ1) is 17.0. The maximum absolute atomic E-state index is 3.71. The largest absolute Gasteiger partial charge is 1.00 e. The minimum atomic E-state index is 0. The Balaban J connectivity index is -0.000000180. The third-order valence-corrected chi connectivity index (χ3v) is 0.600. The Morgan fingerprint density at radius 1 is 1.22 bits per heavy atom. The van der Waals surface area contributed by atoms with Crippen LogP contribution in [0, 0.1) is 0 Å². The molecule has 0 fully saturated rings. The molecule has 0 aromatic carbocycles.